The van der Waals surface area contributed by atoms with E-state index in [1.807, 2.05) is 44.2 Å². The molecule has 0 aromatic heterocycles. The molecule has 0 atom stereocenters. The molecule has 0 unspecified atom stereocenters. The van der Waals surface area contributed by atoms with Crippen molar-refractivity contribution in [3.63, 3.8) is 0 Å². The molecule has 0 aliphatic carbocycles. The van der Waals surface area contributed by atoms with Gasteiger partial charge in [0.05, 0.1) is 12.6 Å². The van der Waals surface area contributed by atoms with Crippen LogP contribution in [0.3, 0.4) is 0 Å². The van der Waals surface area contributed by atoms with Crippen LogP contribution in [0.25, 0.3) is 0 Å². The third-order valence-corrected chi connectivity index (χ3v) is 3.84. The fraction of sp³-hybridized carbons (Fsp3) is 0.286. The highest BCUT2D eigenvalue weighted by Crippen LogP contribution is 2.22. The summed E-state index contributed by atoms with van der Waals surface area (Å²) in [5, 5.41) is 21.2. The first-order valence-electron chi connectivity index (χ1n) is 9.30. The Balaban J connectivity index is 0.000000469. The molecule has 1 heterocycles. The number of anilines is 1. The quantitative estimate of drug-likeness (QED) is 0.552. The second-order valence-electron chi connectivity index (χ2n) is 6.70. The van der Waals surface area contributed by atoms with E-state index in [-0.39, 0.29) is 11.9 Å². The smallest absolute Gasteiger partial charge is 0.414 e. The zero-order valence-corrected chi connectivity index (χ0v) is 16.7. The molecule has 160 valence electrons. The second kappa shape index (κ2) is 10.8. The Kier molecular flexibility index (Phi) is 8.16. The van der Waals surface area contributed by atoms with Crippen LogP contribution in [-0.2, 0) is 16.0 Å². The maximum Gasteiger partial charge on any atom is 0.414 e. The highest BCUT2D eigenvalue weighted by atomic mass is 19.1. The summed E-state index contributed by atoms with van der Waals surface area (Å²) in [7, 11) is 0. The number of carbonyl (C=O) groups is 2. The van der Waals surface area contributed by atoms with Crippen LogP contribution in [-0.4, -0.2) is 47.3 Å². The minimum absolute atomic E-state index is 0.0376. The molecule has 0 fully saturated rings. The maximum absolute atomic E-state index is 14.0. The lowest BCUT2D eigenvalue weighted by atomic mass is 10.0. The monoisotopic (exact) mass is 417 g/mol. The lowest BCUT2D eigenvalue weighted by Gasteiger charge is -2.12. The van der Waals surface area contributed by atoms with Gasteiger partial charge in [-0.1, -0.05) is 18.2 Å². The van der Waals surface area contributed by atoms with Crippen molar-refractivity contribution >= 4 is 23.6 Å². The van der Waals surface area contributed by atoms with Crippen LogP contribution >= 0.6 is 0 Å². The van der Waals surface area contributed by atoms with Crippen LogP contribution < -0.4 is 15.4 Å². The number of nitrogens with one attached hydrogen (secondary N) is 2. The van der Waals surface area contributed by atoms with E-state index in [9.17, 15) is 4.39 Å². The van der Waals surface area contributed by atoms with Crippen molar-refractivity contribution in [2.75, 3.05) is 18.4 Å². The van der Waals surface area contributed by atoms with Gasteiger partial charge in [0.1, 0.15) is 0 Å². The highest BCUT2D eigenvalue weighted by molar-refractivity contribution is 6.27. The summed E-state index contributed by atoms with van der Waals surface area (Å²) < 4.78 is 19.5. The molecular weight excluding hydrogens is 393 g/mol. The Morgan fingerprint density at radius 1 is 1.13 bits per heavy atom. The van der Waals surface area contributed by atoms with Gasteiger partial charge in [-0.3, -0.25) is 4.99 Å². The van der Waals surface area contributed by atoms with E-state index in [1.165, 1.54) is 0 Å². The van der Waals surface area contributed by atoms with E-state index in [1.54, 1.807) is 12.1 Å². The lowest BCUT2D eigenvalue weighted by Crippen LogP contribution is -2.26. The molecule has 0 bridgehead atoms. The van der Waals surface area contributed by atoms with E-state index in [4.69, 9.17) is 24.5 Å². The number of carboxylic acids is 2. The molecule has 8 nitrogen and oxygen atoms in total. The van der Waals surface area contributed by atoms with Crippen LogP contribution in [0.5, 0.6) is 5.75 Å². The van der Waals surface area contributed by atoms with Gasteiger partial charge in [-0.15, -0.1) is 0 Å². The van der Waals surface area contributed by atoms with Gasteiger partial charge in [0.15, 0.2) is 17.5 Å². The second-order valence-corrected chi connectivity index (χ2v) is 6.70. The molecule has 4 N–H and O–H groups in total. The maximum atomic E-state index is 14.0. The number of benzene rings is 2. The number of rotatable bonds is 5. The average Bonchev–Trinajstić information content (AvgIpc) is 3.19. The van der Waals surface area contributed by atoms with Gasteiger partial charge in [-0.25, -0.2) is 14.0 Å². The molecule has 30 heavy (non-hydrogen) atoms. The van der Waals surface area contributed by atoms with Crippen molar-refractivity contribution < 1.29 is 28.9 Å². The van der Waals surface area contributed by atoms with Crippen LogP contribution in [0.2, 0.25) is 0 Å². The van der Waals surface area contributed by atoms with Crippen molar-refractivity contribution in [1.29, 1.82) is 0 Å². The van der Waals surface area contributed by atoms with Crippen molar-refractivity contribution in [2.24, 2.45) is 4.99 Å². The Labute approximate surface area is 173 Å². The number of aliphatic imine (C=N–C) groups is 1. The summed E-state index contributed by atoms with van der Waals surface area (Å²) in [5.74, 6) is -2.85. The number of nitrogens with zero attached hydrogens (tertiary/aromatic N) is 1. The average molecular weight is 417 g/mol. The SMILES string of the molecule is CC(C)Oc1ccc(Cc2ccc(NC3=NCCN3)cc2)cc1F.O=C(O)C(=O)O. The standard InChI is InChI=1S/C19H22FN3O.C2H2O4/c1-13(2)24-18-8-5-15(12-17(18)20)11-14-3-6-16(7-4-14)23-19-21-9-10-22-19;3-1(4)2(5)6/h3-8,12-13H,9-11H2,1-2H3,(H2,21,22,23);(H,3,4)(H,5,6). The predicted molar refractivity (Wildman–Crippen MR) is 111 cm³/mol. The van der Waals surface area contributed by atoms with Crippen LogP contribution in [0.15, 0.2) is 47.5 Å². The van der Waals surface area contributed by atoms with Crippen molar-refractivity contribution in [2.45, 2.75) is 26.4 Å². The molecule has 2 aromatic carbocycles. The molecule has 0 radical (unpaired) electrons. The van der Waals surface area contributed by atoms with E-state index < -0.39 is 11.9 Å². The van der Waals surface area contributed by atoms with E-state index in [0.29, 0.717) is 12.2 Å². The zero-order valence-electron chi connectivity index (χ0n) is 16.7. The summed E-state index contributed by atoms with van der Waals surface area (Å²) >= 11 is 0. The molecule has 1 aliphatic heterocycles. The first-order chi connectivity index (χ1) is 14.2. The molecule has 0 spiro atoms. The van der Waals surface area contributed by atoms with Gasteiger partial charge < -0.3 is 25.6 Å². The van der Waals surface area contributed by atoms with E-state index in [2.05, 4.69) is 15.6 Å². The van der Waals surface area contributed by atoms with Gasteiger partial charge in [-0.2, -0.15) is 0 Å². The molecule has 0 saturated carbocycles. The molecule has 0 amide bonds. The minimum atomic E-state index is -1.82. The summed E-state index contributed by atoms with van der Waals surface area (Å²) in [6.45, 7) is 5.45. The van der Waals surface area contributed by atoms with Gasteiger partial charge in [0.25, 0.3) is 0 Å². The van der Waals surface area contributed by atoms with Crippen LogP contribution in [0, 0.1) is 5.82 Å². The topological polar surface area (TPSA) is 120 Å². The van der Waals surface area contributed by atoms with Gasteiger partial charge >= 0.3 is 11.9 Å². The molecule has 0 saturated heterocycles. The number of aliphatic carboxylic acids is 2. The summed E-state index contributed by atoms with van der Waals surface area (Å²) in [4.78, 5) is 22.5. The number of guanidine groups is 1. The Morgan fingerprint density at radius 2 is 1.77 bits per heavy atom. The number of hydrogen-bond donors (Lipinski definition) is 4. The summed E-state index contributed by atoms with van der Waals surface area (Å²) in [5.41, 5.74) is 3.03. The van der Waals surface area contributed by atoms with Gasteiger partial charge in [-0.05, 0) is 55.7 Å². The molecular formula is C21H24FN3O5. The molecule has 1 aliphatic rings. The highest BCUT2D eigenvalue weighted by Gasteiger charge is 2.08. The molecule has 2 aromatic rings. The summed E-state index contributed by atoms with van der Waals surface area (Å²) in [6, 6.07) is 13.2. The zero-order chi connectivity index (χ0) is 22.1. The number of hydrogen-bond acceptors (Lipinski definition) is 6. The first kappa shape index (κ1) is 22.7. The van der Waals surface area contributed by atoms with Crippen LogP contribution in [0.4, 0.5) is 10.1 Å². The molecule has 9 heteroatoms. The fourth-order valence-electron chi connectivity index (χ4n) is 2.56. The van der Waals surface area contributed by atoms with Gasteiger partial charge in [0.2, 0.25) is 0 Å². The largest absolute Gasteiger partial charge is 0.488 e. The Morgan fingerprint density at radius 3 is 2.27 bits per heavy atom. The van der Waals surface area contributed by atoms with Crippen LogP contribution in [0.1, 0.15) is 25.0 Å². The first-order valence-corrected chi connectivity index (χ1v) is 9.30. The normalized spacial score (nSPS) is 12.3. The lowest BCUT2D eigenvalue weighted by molar-refractivity contribution is -0.159. The number of halogens is 1. The Bertz CT molecular complexity index is 901. The van der Waals surface area contributed by atoms with Crippen molar-refractivity contribution in [3.05, 3.63) is 59.4 Å². The number of ether oxygens (including phenoxy) is 1. The predicted octanol–water partition coefficient (Wildman–Crippen LogP) is 2.73. The van der Waals surface area contributed by atoms with E-state index in [0.717, 1.165) is 35.9 Å². The van der Waals surface area contributed by atoms with Crippen molar-refractivity contribution in [3.8, 4) is 5.75 Å². The van der Waals surface area contributed by atoms with E-state index >= 15 is 0 Å². The number of carboxylic acid groups (broad SMARTS) is 2. The third-order valence-electron chi connectivity index (χ3n) is 3.84. The van der Waals surface area contributed by atoms with Gasteiger partial charge in [0, 0.05) is 12.2 Å². The molecule has 3 rings (SSSR count). The Hall–Kier alpha value is -3.62. The summed E-state index contributed by atoms with van der Waals surface area (Å²) in [6.07, 6.45) is 0.641. The third kappa shape index (κ3) is 7.42. The van der Waals surface area contributed by atoms with Crippen molar-refractivity contribution in [1.82, 2.24) is 5.32 Å². The minimum Gasteiger partial charge on any atom is -0.488 e. The fourth-order valence-corrected chi connectivity index (χ4v) is 2.56.